The molecule has 0 radical (unpaired) electrons. The van der Waals surface area contributed by atoms with Crippen molar-refractivity contribution in [2.45, 2.75) is 59.2 Å². The van der Waals surface area contributed by atoms with Crippen LogP contribution in [0.25, 0.3) is 0 Å². The van der Waals surface area contributed by atoms with Crippen molar-refractivity contribution < 1.29 is 46.1 Å². The summed E-state index contributed by atoms with van der Waals surface area (Å²) in [4.78, 5) is 32.0. The van der Waals surface area contributed by atoms with E-state index in [2.05, 4.69) is 56.7 Å². The molecule has 0 amide bonds. The van der Waals surface area contributed by atoms with Crippen LogP contribution in [0.2, 0.25) is 0 Å². The van der Waals surface area contributed by atoms with Gasteiger partial charge in [0.25, 0.3) is 0 Å². The average molecular weight is 562 g/mol. The highest BCUT2D eigenvalue weighted by atomic mass is 32.1. The molecule has 0 fully saturated rings. The second kappa shape index (κ2) is 14.3. The van der Waals surface area contributed by atoms with Crippen LogP contribution in [0.4, 0.5) is 26.3 Å². The molecule has 37 heavy (non-hydrogen) atoms. The first-order chi connectivity index (χ1) is 17.1. The molecule has 16 heteroatoms. The van der Waals surface area contributed by atoms with E-state index < -0.39 is 24.3 Å². The molecule has 2 N–H and O–H groups in total. The largest absolute Gasteiger partial charge is 0.490 e. The number of aromatic nitrogens is 3. The molecule has 1 aliphatic rings. The summed E-state index contributed by atoms with van der Waals surface area (Å²) < 4.78 is 65.9. The smallest absolute Gasteiger partial charge is 0.475 e. The third-order valence-electron chi connectivity index (χ3n) is 5.13. The molecule has 2 aromatic heterocycles. The van der Waals surface area contributed by atoms with Crippen molar-refractivity contribution >= 4 is 23.3 Å². The Hall–Kier alpha value is -2.72. The number of aliphatic carboxylic acids is 2. The van der Waals surface area contributed by atoms with E-state index in [4.69, 9.17) is 19.8 Å². The third kappa shape index (κ3) is 11.5. The van der Waals surface area contributed by atoms with Crippen molar-refractivity contribution in [3.63, 3.8) is 0 Å². The fourth-order valence-corrected chi connectivity index (χ4v) is 3.81. The number of carbonyl (C=O) groups is 2. The predicted octanol–water partition coefficient (Wildman–Crippen LogP) is 3.81. The molecule has 0 unspecified atom stereocenters. The molecule has 0 aliphatic carbocycles. The Kier molecular flexibility index (Phi) is 12.5. The Morgan fingerprint density at radius 3 is 2.00 bits per heavy atom. The van der Waals surface area contributed by atoms with E-state index in [9.17, 15) is 26.3 Å². The minimum atomic E-state index is -5.08. The highest BCUT2D eigenvalue weighted by molar-refractivity contribution is 7.09. The monoisotopic (exact) mass is 561 g/mol. The highest BCUT2D eigenvalue weighted by Crippen LogP contribution is 2.17. The van der Waals surface area contributed by atoms with Crippen LogP contribution in [-0.4, -0.2) is 85.0 Å². The van der Waals surface area contributed by atoms with Gasteiger partial charge in [0.1, 0.15) is 5.82 Å². The summed E-state index contributed by atoms with van der Waals surface area (Å²) in [5.41, 5.74) is 2.56. The molecule has 1 aliphatic heterocycles. The fourth-order valence-electron chi connectivity index (χ4n) is 3.21. The van der Waals surface area contributed by atoms with E-state index in [1.165, 1.54) is 17.2 Å². The summed E-state index contributed by atoms with van der Waals surface area (Å²) in [5, 5.41) is 17.6. The summed E-state index contributed by atoms with van der Waals surface area (Å²) in [6.45, 7) is 13.8. The van der Waals surface area contributed by atoms with E-state index in [0.29, 0.717) is 0 Å². The number of carboxylic acids is 2. The van der Waals surface area contributed by atoms with Crippen molar-refractivity contribution in [2.75, 3.05) is 26.2 Å². The van der Waals surface area contributed by atoms with Gasteiger partial charge in [0.15, 0.2) is 0 Å². The maximum atomic E-state index is 10.6. The van der Waals surface area contributed by atoms with Gasteiger partial charge in [0.05, 0.1) is 16.4 Å². The number of halogens is 6. The average Bonchev–Trinajstić information content (AvgIpc) is 3.32. The summed E-state index contributed by atoms with van der Waals surface area (Å²) in [6.07, 6.45) is -7.06. The number of aryl methyl sites for hydroxylation is 1. The predicted molar refractivity (Wildman–Crippen MR) is 122 cm³/mol. The zero-order valence-electron chi connectivity index (χ0n) is 20.4. The van der Waals surface area contributed by atoms with Gasteiger partial charge in [-0.05, 0) is 20.0 Å². The molecule has 2 aromatic rings. The van der Waals surface area contributed by atoms with E-state index in [0.717, 1.165) is 57.2 Å². The first-order valence-corrected chi connectivity index (χ1v) is 12.0. The van der Waals surface area contributed by atoms with E-state index in [1.807, 2.05) is 0 Å². The van der Waals surface area contributed by atoms with Gasteiger partial charge in [0, 0.05) is 50.7 Å². The zero-order chi connectivity index (χ0) is 28.4. The number of nitrogens with zero attached hydrogens (tertiary/aromatic N) is 5. The summed E-state index contributed by atoms with van der Waals surface area (Å²) >= 11 is 1.74. The van der Waals surface area contributed by atoms with Crippen molar-refractivity contribution in [3.05, 3.63) is 33.8 Å². The lowest BCUT2D eigenvalue weighted by Gasteiger charge is -2.20. The summed E-state index contributed by atoms with van der Waals surface area (Å²) in [6, 6.07) is 0. The van der Waals surface area contributed by atoms with Gasteiger partial charge in [-0.15, -0.1) is 11.3 Å². The first kappa shape index (κ1) is 32.3. The van der Waals surface area contributed by atoms with Crippen LogP contribution in [0.1, 0.15) is 36.1 Å². The first-order valence-electron chi connectivity index (χ1n) is 11.1. The Labute approximate surface area is 213 Å². The van der Waals surface area contributed by atoms with Crippen molar-refractivity contribution in [2.24, 2.45) is 0 Å². The topological polar surface area (TPSA) is 112 Å². The molecule has 3 heterocycles. The number of fused-ring (bicyclic) bond motifs is 1. The molecule has 0 saturated carbocycles. The number of rotatable bonds is 6. The van der Waals surface area contributed by atoms with Crippen LogP contribution in [0, 0.1) is 6.92 Å². The highest BCUT2D eigenvalue weighted by Gasteiger charge is 2.38. The number of thiazole rings is 1. The SMILES string of the molecule is CCN(CC)Cc1cnc2n1CCN(Cc1csc(C)n1)CC2.O=C(O)C(F)(F)F.O=C(O)C(F)(F)F. The second-order valence-electron chi connectivity index (χ2n) is 7.77. The van der Waals surface area contributed by atoms with Crippen LogP contribution in [-0.2, 0) is 35.6 Å². The Morgan fingerprint density at radius 1 is 1.03 bits per heavy atom. The molecule has 3 rings (SSSR count). The lowest BCUT2D eigenvalue weighted by atomic mass is 10.3. The zero-order valence-corrected chi connectivity index (χ0v) is 21.3. The van der Waals surface area contributed by atoms with Gasteiger partial charge in [-0.25, -0.2) is 19.6 Å². The standard InChI is InChI=1S/C17H27N5S.2C2HF3O2/c1-4-20(5-2)12-16-10-18-17-6-7-21(8-9-22(16)17)11-15-13-23-14(3)19-15;2*3-2(4,5)1(6)7/h10,13H,4-9,11-12H2,1-3H3;2*(H,6,7). The summed E-state index contributed by atoms with van der Waals surface area (Å²) in [7, 11) is 0. The number of alkyl halides is 6. The van der Waals surface area contributed by atoms with Crippen molar-refractivity contribution in [3.8, 4) is 0 Å². The van der Waals surface area contributed by atoms with Gasteiger partial charge in [-0.2, -0.15) is 26.3 Å². The molecule has 9 nitrogen and oxygen atoms in total. The Bertz CT molecular complexity index is 980. The minimum Gasteiger partial charge on any atom is -0.475 e. The lowest BCUT2D eigenvalue weighted by molar-refractivity contribution is -0.193. The summed E-state index contributed by atoms with van der Waals surface area (Å²) in [5.74, 6) is -4.27. The number of carboxylic acid groups (broad SMARTS) is 2. The van der Waals surface area contributed by atoms with Crippen LogP contribution in [0.3, 0.4) is 0 Å². The Balaban J connectivity index is 0.000000404. The van der Waals surface area contributed by atoms with Gasteiger partial charge < -0.3 is 14.8 Å². The lowest BCUT2D eigenvalue weighted by Crippen LogP contribution is -2.27. The van der Waals surface area contributed by atoms with Gasteiger partial charge in [-0.3, -0.25) is 9.80 Å². The molecular weight excluding hydrogens is 532 g/mol. The fraction of sp³-hybridized carbons (Fsp3) is 0.619. The molecule has 0 atom stereocenters. The van der Waals surface area contributed by atoms with Crippen LogP contribution >= 0.6 is 11.3 Å². The molecule has 210 valence electrons. The number of imidazole rings is 1. The molecule has 0 aromatic carbocycles. The minimum absolute atomic E-state index is 0.959. The molecule has 0 saturated heterocycles. The Morgan fingerprint density at radius 2 is 1.57 bits per heavy atom. The van der Waals surface area contributed by atoms with E-state index in [-0.39, 0.29) is 0 Å². The van der Waals surface area contributed by atoms with E-state index in [1.54, 1.807) is 11.3 Å². The molecular formula is C21H29F6N5O4S. The number of hydrogen-bond acceptors (Lipinski definition) is 7. The number of hydrogen-bond donors (Lipinski definition) is 2. The third-order valence-corrected chi connectivity index (χ3v) is 5.95. The van der Waals surface area contributed by atoms with Crippen molar-refractivity contribution in [1.29, 1.82) is 0 Å². The normalized spacial score (nSPS) is 14.1. The van der Waals surface area contributed by atoms with Gasteiger partial charge in [0.2, 0.25) is 0 Å². The van der Waals surface area contributed by atoms with E-state index >= 15 is 0 Å². The van der Waals surface area contributed by atoms with Crippen LogP contribution in [0.15, 0.2) is 11.6 Å². The van der Waals surface area contributed by atoms with Crippen LogP contribution < -0.4 is 0 Å². The van der Waals surface area contributed by atoms with Crippen molar-refractivity contribution in [1.82, 2.24) is 24.3 Å². The van der Waals surface area contributed by atoms with Gasteiger partial charge >= 0.3 is 24.3 Å². The maximum Gasteiger partial charge on any atom is 0.490 e. The quantitative estimate of drug-likeness (QED) is 0.513. The molecule has 0 bridgehead atoms. The van der Waals surface area contributed by atoms with Gasteiger partial charge in [-0.1, -0.05) is 13.8 Å². The van der Waals surface area contributed by atoms with Crippen LogP contribution in [0.5, 0.6) is 0 Å². The second-order valence-corrected chi connectivity index (χ2v) is 8.83. The maximum absolute atomic E-state index is 10.6. The molecule has 0 spiro atoms.